The lowest BCUT2D eigenvalue weighted by Crippen LogP contribution is -2.51. The molecule has 1 unspecified atom stereocenters. The molecule has 0 radical (unpaired) electrons. The molecular formula is C19H29N3O4S. The highest BCUT2D eigenvalue weighted by Crippen LogP contribution is 2.23. The zero-order chi connectivity index (χ0) is 19.4. The first-order valence-corrected chi connectivity index (χ1v) is 11.0. The van der Waals surface area contributed by atoms with Gasteiger partial charge in [-0.3, -0.25) is 4.79 Å². The number of rotatable bonds is 6. The molecule has 0 aromatic heterocycles. The fourth-order valence-electron chi connectivity index (χ4n) is 3.66. The van der Waals surface area contributed by atoms with Gasteiger partial charge in [0.05, 0.1) is 17.5 Å². The minimum Gasteiger partial charge on any atom is -0.377 e. The van der Waals surface area contributed by atoms with Gasteiger partial charge in [0.2, 0.25) is 15.9 Å². The van der Waals surface area contributed by atoms with Crippen molar-refractivity contribution in [1.82, 2.24) is 14.5 Å². The average molecular weight is 396 g/mol. The summed E-state index contributed by atoms with van der Waals surface area (Å²) in [6.45, 7) is 7.13. The number of benzene rings is 1. The number of sulfonamides is 1. The van der Waals surface area contributed by atoms with Crippen molar-refractivity contribution in [1.29, 1.82) is 0 Å². The molecule has 2 aliphatic rings. The van der Waals surface area contributed by atoms with Crippen molar-refractivity contribution >= 4 is 15.9 Å². The largest absolute Gasteiger partial charge is 0.377 e. The van der Waals surface area contributed by atoms with Crippen molar-refractivity contribution in [2.24, 2.45) is 0 Å². The van der Waals surface area contributed by atoms with Crippen LogP contribution in [0.5, 0.6) is 0 Å². The van der Waals surface area contributed by atoms with Crippen LogP contribution in [0.25, 0.3) is 0 Å². The van der Waals surface area contributed by atoms with E-state index in [1.54, 1.807) is 24.0 Å². The van der Waals surface area contributed by atoms with Gasteiger partial charge in [-0.05, 0) is 38.3 Å². The van der Waals surface area contributed by atoms with Crippen molar-refractivity contribution in [3.8, 4) is 0 Å². The van der Waals surface area contributed by atoms with E-state index in [4.69, 9.17) is 4.74 Å². The zero-order valence-electron chi connectivity index (χ0n) is 16.1. The summed E-state index contributed by atoms with van der Waals surface area (Å²) in [5.41, 5.74) is 1.70. The number of nitrogens with zero attached hydrogens (tertiary/aromatic N) is 2. The number of piperazine rings is 1. The van der Waals surface area contributed by atoms with E-state index in [2.05, 4.69) is 5.32 Å². The highest BCUT2D eigenvalue weighted by atomic mass is 32.2. The van der Waals surface area contributed by atoms with E-state index in [0.717, 1.165) is 31.5 Å². The molecule has 1 N–H and O–H groups in total. The van der Waals surface area contributed by atoms with Crippen LogP contribution in [0, 0.1) is 13.8 Å². The van der Waals surface area contributed by atoms with E-state index in [0.29, 0.717) is 25.3 Å². The Morgan fingerprint density at radius 2 is 2.04 bits per heavy atom. The van der Waals surface area contributed by atoms with Gasteiger partial charge >= 0.3 is 0 Å². The van der Waals surface area contributed by atoms with E-state index in [-0.39, 0.29) is 30.0 Å². The second-order valence-corrected chi connectivity index (χ2v) is 9.24. The summed E-state index contributed by atoms with van der Waals surface area (Å²) in [5.74, 6) is -0.150. The SMILES string of the molecule is Cc1ccc(S(=O)(=O)N(CC(=O)N2CCNCC2)CC2CCCO2)c(C)c1. The number of hydrogen-bond donors (Lipinski definition) is 1. The fraction of sp³-hybridized carbons (Fsp3) is 0.632. The summed E-state index contributed by atoms with van der Waals surface area (Å²) >= 11 is 0. The Hall–Kier alpha value is -1.48. The summed E-state index contributed by atoms with van der Waals surface area (Å²) in [7, 11) is -3.78. The summed E-state index contributed by atoms with van der Waals surface area (Å²) in [4.78, 5) is 14.7. The molecule has 2 heterocycles. The molecule has 150 valence electrons. The molecule has 8 heteroatoms. The van der Waals surface area contributed by atoms with Crippen LogP contribution in [0.15, 0.2) is 23.1 Å². The maximum atomic E-state index is 13.4. The summed E-state index contributed by atoms with van der Waals surface area (Å²) in [5, 5.41) is 3.20. The minimum atomic E-state index is -3.78. The van der Waals surface area contributed by atoms with Gasteiger partial charge in [-0.25, -0.2) is 8.42 Å². The Kier molecular flexibility index (Phi) is 6.52. The molecule has 0 spiro atoms. The smallest absolute Gasteiger partial charge is 0.243 e. The first-order valence-electron chi connectivity index (χ1n) is 9.55. The fourth-order valence-corrected chi connectivity index (χ4v) is 5.28. The minimum absolute atomic E-state index is 0.143. The summed E-state index contributed by atoms with van der Waals surface area (Å²) in [6, 6.07) is 5.29. The molecule has 1 atom stereocenters. The third-order valence-corrected chi connectivity index (χ3v) is 7.13. The van der Waals surface area contributed by atoms with Gasteiger partial charge < -0.3 is 15.0 Å². The quantitative estimate of drug-likeness (QED) is 0.774. The van der Waals surface area contributed by atoms with Crippen LogP contribution < -0.4 is 5.32 Å². The standard InChI is InChI=1S/C19H29N3O4S/c1-15-5-6-18(16(2)12-15)27(24,25)22(13-17-4-3-11-26-17)14-19(23)21-9-7-20-8-10-21/h5-6,12,17,20H,3-4,7-11,13-14H2,1-2H3. The van der Waals surface area contributed by atoms with Crippen LogP contribution in [0.1, 0.15) is 24.0 Å². The maximum absolute atomic E-state index is 13.4. The second kappa shape index (κ2) is 8.68. The number of carbonyl (C=O) groups is 1. The molecule has 7 nitrogen and oxygen atoms in total. The van der Waals surface area contributed by atoms with Gasteiger partial charge in [-0.2, -0.15) is 4.31 Å². The predicted molar refractivity (Wildman–Crippen MR) is 103 cm³/mol. The Morgan fingerprint density at radius 3 is 2.67 bits per heavy atom. The third-order valence-electron chi connectivity index (χ3n) is 5.16. The van der Waals surface area contributed by atoms with Crippen molar-refractivity contribution in [3.05, 3.63) is 29.3 Å². The average Bonchev–Trinajstić information content (AvgIpc) is 3.14. The molecule has 3 rings (SSSR count). The molecule has 27 heavy (non-hydrogen) atoms. The van der Waals surface area contributed by atoms with Crippen molar-refractivity contribution in [2.75, 3.05) is 45.9 Å². The second-order valence-electron chi connectivity index (χ2n) is 7.33. The van der Waals surface area contributed by atoms with Gasteiger partial charge in [-0.15, -0.1) is 0 Å². The normalized spacial score (nSPS) is 21.0. The van der Waals surface area contributed by atoms with Crippen molar-refractivity contribution < 1.29 is 17.9 Å². The molecule has 2 aliphatic heterocycles. The van der Waals surface area contributed by atoms with Crippen LogP contribution in [-0.2, 0) is 19.6 Å². The third kappa shape index (κ3) is 4.87. The first-order chi connectivity index (χ1) is 12.9. The van der Waals surface area contributed by atoms with Crippen molar-refractivity contribution in [3.63, 3.8) is 0 Å². The lowest BCUT2D eigenvalue weighted by Gasteiger charge is -2.31. The number of nitrogens with one attached hydrogen (secondary N) is 1. The molecule has 1 aromatic carbocycles. The molecule has 0 bridgehead atoms. The van der Waals surface area contributed by atoms with Crippen LogP contribution in [0.4, 0.5) is 0 Å². The van der Waals surface area contributed by atoms with Crippen LogP contribution in [0.3, 0.4) is 0 Å². The van der Waals surface area contributed by atoms with Crippen molar-refractivity contribution in [2.45, 2.75) is 37.7 Å². The molecular weight excluding hydrogens is 366 g/mol. The van der Waals surface area contributed by atoms with Gasteiger partial charge in [0.1, 0.15) is 0 Å². The Balaban J connectivity index is 1.84. The molecule has 2 saturated heterocycles. The Morgan fingerprint density at radius 1 is 1.30 bits per heavy atom. The van der Waals surface area contributed by atoms with Gasteiger partial charge in [0.15, 0.2) is 0 Å². The Labute approximate surface area is 161 Å². The summed E-state index contributed by atoms with van der Waals surface area (Å²) < 4.78 is 33.7. The summed E-state index contributed by atoms with van der Waals surface area (Å²) in [6.07, 6.45) is 1.59. The zero-order valence-corrected chi connectivity index (χ0v) is 16.9. The predicted octanol–water partition coefficient (Wildman–Crippen LogP) is 0.905. The van der Waals surface area contributed by atoms with E-state index < -0.39 is 10.0 Å². The molecule has 1 amide bonds. The van der Waals surface area contributed by atoms with E-state index in [9.17, 15) is 13.2 Å². The highest BCUT2D eigenvalue weighted by Gasteiger charge is 2.33. The molecule has 1 aromatic rings. The van der Waals surface area contributed by atoms with Gasteiger partial charge in [0, 0.05) is 39.3 Å². The van der Waals surface area contributed by atoms with E-state index in [1.807, 2.05) is 13.0 Å². The topological polar surface area (TPSA) is 79.0 Å². The highest BCUT2D eigenvalue weighted by molar-refractivity contribution is 7.89. The van der Waals surface area contributed by atoms with Crippen LogP contribution in [0.2, 0.25) is 0 Å². The monoisotopic (exact) mass is 395 g/mol. The van der Waals surface area contributed by atoms with Gasteiger partial charge in [-0.1, -0.05) is 17.7 Å². The van der Waals surface area contributed by atoms with Gasteiger partial charge in [0.25, 0.3) is 0 Å². The molecule has 0 saturated carbocycles. The maximum Gasteiger partial charge on any atom is 0.243 e. The number of hydrogen-bond acceptors (Lipinski definition) is 5. The van der Waals surface area contributed by atoms with Crippen LogP contribution in [-0.4, -0.2) is 75.5 Å². The first kappa shape index (κ1) is 20.3. The number of ether oxygens (including phenoxy) is 1. The lowest BCUT2D eigenvalue weighted by molar-refractivity contribution is -0.132. The molecule has 2 fully saturated rings. The molecule has 0 aliphatic carbocycles. The number of amides is 1. The number of carbonyl (C=O) groups excluding carboxylic acids is 1. The Bertz CT molecular complexity index is 769. The van der Waals surface area contributed by atoms with E-state index >= 15 is 0 Å². The number of aryl methyl sites for hydroxylation is 2. The lowest BCUT2D eigenvalue weighted by atomic mass is 10.2. The van der Waals surface area contributed by atoms with Crippen LogP contribution >= 0.6 is 0 Å². The van der Waals surface area contributed by atoms with E-state index in [1.165, 1.54) is 4.31 Å².